The molecule has 2 atom stereocenters. The number of ether oxygens (including phenoxy) is 1. The number of nitriles is 1. The van der Waals surface area contributed by atoms with Gasteiger partial charge in [-0.25, -0.2) is 0 Å². The van der Waals surface area contributed by atoms with Gasteiger partial charge in [0.15, 0.2) is 0 Å². The Morgan fingerprint density at radius 3 is 2.94 bits per heavy atom. The van der Waals surface area contributed by atoms with Gasteiger partial charge in [0, 0.05) is 6.54 Å². The Morgan fingerprint density at radius 1 is 1.44 bits per heavy atom. The van der Waals surface area contributed by atoms with E-state index in [-0.39, 0.29) is 6.04 Å². The fraction of sp³-hybridized carbons (Fsp3) is 0.417. The van der Waals surface area contributed by atoms with Crippen LogP contribution in [0.5, 0.6) is 0 Å². The Balaban J connectivity index is 1.97. The summed E-state index contributed by atoms with van der Waals surface area (Å²) >= 11 is 0. The second kappa shape index (κ2) is 5.08. The summed E-state index contributed by atoms with van der Waals surface area (Å²) in [6.07, 6.45) is -0.450. The van der Waals surface area contributed by atoms with Crippen molar-refractivity contribution in [3.63, 3.8) is 0 Å². The van der Waals surface area contributed by atoms with Gasteiger partial charge in [0.05, 0.1) is 37.0 Å². The van der Waals surface area contributed by atoms with Gasteiger partial charge in [0.25, 0.3) is 0 Å². The summed E-state index contributed by atoms with van der Waals surface area (Å²) in [5.74, 6) is 0. The molecular formula is C12H14N2O2. The third-order valence-electron chi connectivity index (χ3n) is 2.74. The number of aliphatic hydroxyl groups is 1. The topological polar surface area (TPSA) is 65.3 Å². The number of rotatable bonds is 3. The summed E-state index contributed by atoms with van der Waals surface area (Å²) < 4.78 is 5.14. The Morgan fingerprint density at radius 2 is 2.25 bits per heavy atom. The molecule has 4 heteroatoms. The van der Waals surface area contributed by atoms with Crippen molar-refractivity contribution < 1.29 is 9.84 Å². The van der Waals surface area contributed by atoms with E-state index in [4.69, 9.17) is 10.00 Å². The molecule has 1 aromatic carbocycles. The van der Waals surface area contributed by atoms with Crippen molar-refractivity contribution in [3.8, 4) is 6.07 Å². The third kappa shape index (κ3) is 2.39. The molecule has 2 unspecified atom stereocenters. The highest BCUT2D eigenvalue weighted by atomic mass is 16.5. The van der Waals surface area contributed by atoms with E-state index in [0.717, 1.165) is 5.56 Å². The average molecular weight is 218 g/mol. The zero-order chi connectivity index (χ0) is 11.4. The molecule has 0 spiro atoms. The fourth-order valence-corrected chi connectivity index (χ4v) is 1.76. The van der Waals surface area contributed by atoms with Crippen molar-refractivity contribution in [3.05, 3.63) is 35.4 Å². The number of nitrogens with one attached hydrogen (secondary N) is 1. The van der Waals surface area contributed by atoms with Crippen LogP contribution in [-0.2, 0) is 11.3 Å². The quantitative estimate of drug-likeness (QED) is 0.771. The van der Waals surface area contributed by atoms with Crippen LogP contribution in [-0.4, -0.2) is 30.5 Å². The molecule has 0 saturated carbocycles. The highest BCUT2D eigenvalue weighted by Gasteiger charge is 2.25. The van der Waals surface area contributed by atoms with Crippen LogP contribution in [0.3, 0.4) is 0 Å². The van der Waals surface area contributed by atoms with Crippen LogP contribution in [0.15, 0.2) is 24.3 Å². The van der Waals surface area contributed by atoms with Gasteiger partial charge in [-0.05, 0) is 11.6 Å². The first-order valence-corrected chi connectivity index (χ1v) is 5.28. The van der Waals surface area contributed by atoms with Gasteiger partial charge < -0.3 is 15.2 Å². The third-order valence-corrected chi connectivity index (χ3v) is 2.74. The van der Waals surface area contributed by atoms with Gasteiger partial charge in [-0.1, -0.05) is 18.2 Å². The number of hydrogen-bond donors (Lipinski definition) is 2. The van der Waals surface area contributed by atoms with Gasteiger partial charge in [-0.2, -0.15) is 5.26 Å². The van der Waals surface area contributed by atoms with E-state index in [1.807, 2.05) is 18.2 Å². The molecule has 0 aromatic heterocycles. The summed E-state index contributed by atoms with van der Waals surface area (Å²) in [6.45, 7) is 1.49. The summed E-state index contributed by atoms with van der Waals surface area (Å²) in [5, 5.41) is 21.6. The van der Waals surface area contributed by atoms with Gasteiger partial charge in [0.2, 0.25) is 0 Å². The first-order chi connectivity index (χ1) is 7.81. The second-order valence-electron chi connectivity index (χ2n) is 3.86. The Hall–Kier alpha value is -1.41. The monoisotopic (exact) mass is 218 g/mol. The molecule has 4 nitrogen and oxygen atoms in total. The van der Waals surface area contributed by atoms with Gasteiger partial charge >= 0.3 is 0 Å². The van der Waals surface area contributed by atoms with Crippen LogP contribution in [0.2, 0.25) is 0 Å². The molecule has 1 aromatic rings. The maximum absolute atomic E-state index is 9.54. The van der Waals surface area contributed by atoms with E-state index in [9.17, 15) is 5.11 Å². The van der Waals surface area contributed by atoms with Crippen LogP contribution in [0.1, 0.15) is 11.1 Å². The first kappa shape index (κ1) is 11.1. The Labute approximate surface area is 94.5 Å². The van der Waals surface area contributed by atoms with E-state index in [1.54, 1.807) is 6.07 Å². The smallest absolute Gasteiger partial charge is 0.0995 e. The predicted molar refractivity (Wildman–Crippen MR) is 58.6 cm³/mol. The molecule has 0 radical (unpaired) electrons. The van der Waals surface area contributed by atoms with Crippen LogP contribution >= 0.6 is 0 Å². The van der Waals surface area contributed by atoms with E-state index < -0.39 is 6.10 Å². The number of hydrogen-bond acceptors (Lipinski definition) is 4. The minimum Gasteiger partial charge on any atom is -0.389 e. The summed E-state index contributed by atoms with van der Waals surface area (Å²) in [4.78, 5) is 0. The fourth-order valence-electron chi connectivity index (χ4n) is 1.76. The molecule has 0 aliphatic carbocycles. The summed E-state index contributed by atoms with van der Waals surface area (Å²) in [7, 11) is 0. The molecule has 16 heavy (non-hydrogen) atoms. The summed E-state index contributed by atoms with van der Waals surface area (Å²) in [6, 6.07) is 9.56. The van der Waals surface area contributed by atoms with Crippen molar-refractivity contribution in [2.45, 2.75) is 18.7 Å². The van der Waals surface area contributed by atoms with Crippen molar-refractivity contribution in [2.75, 3.05) is 13.2 Å². The minimum atomic E-state index is -0.450. The van der Waals surface area contributed by atoms with E-state index >= 15 is 0 Å². The van der Waals surface area contributed by atoms with Crippen LogP contribution in [0.4, 0.5) is 0 Å². The average Bonchev–Trinajstić information content (AvgIpc) is 2.72. The van der Waals surface area contributed by atoms with Crippen molar-refractivity contribution in [1.82, 2.24) is 5.32 Å². The van der Waals surface area contributed by atoms with Crippen LogP contribution in [0, 0.1) is 11.3 Å². The molecule has 1 heterocycles. The lowest BCUT2D eigenvalue weighted by Crippen LogP contribution is -2.38. The lowest BCUT2D eigenvalue weighted by Gasteiger charge is -2.14. The predicted octanol–water partition coefficient (Wildman–Crippen LogP) is 0.408. The molecule has 2 rings (SSSR count). The van der Waals surface area contributed by atoms with Gasteiger partial charge in [-0.3, -0.25) is 0 Å². The molecule has 0 amide bonds. The molecule has 0 bridgehead atoms. The zero-order valence-electron chi connectivity index (χ0n) is 8.89. The maximum atomic E-state index is 9.54. The second-order valence-corrected chi connectivity index (χ2v) is 3.86. The molecule has 2 N–H and O–H groups in total. The zero-order valence-corrected chi connectivity index (χ0v) is 8.89. The Bertz CT molecular complexity index is 400. The highest BCUT2D eigenvalue weighted by Crippen LogP contribution is 2.10. The van der Waals surface area contributed by atoms with Gasteiger partial charge in [-0.15, -0.1) is 0 Å². The minimum absolute atomic E-state index is 0.0354. The molecule has 84 valence electrons. The van der Waals surface area contributed by atoms with E-state index in [2.05, 4.69) is 11.4 Å². The summed E-state index contributed by atoms with van der Waals surface area (Å²) in [5.41, 5.74) is 1.62. The van der Waals surface area contributed by atoms with Crippen molar-refractivity contribution in [2.24, 2.45) is 0 Å². The van der Waals surface area contributed by atoms with E-state index in [1.165, 1.54) is 0 Å². The largest absolute Gasteiger partial charge is 0.389 e. The molecular weight excluding hydrogens is 204 g/mol. The standard InChI is InChI=1S/C12H14N2O2/c13-5-9-3-1-2-4-10(9)6-14-11-7-16-8-12(11)15/h1-4,11-12,14-15H,6-8H2. The lowest BCUT2D eigenvalue weighted by molar-refractivity contribution is 0.122. The number of benzene rings is 1. The number of nitrogens with zero attached hydrogens (tertiary/aromatic N) is 1. The maximum Gasteiger partial charge on any atom is 0.0995 e. The van der Waals surface area contributed by atoms with Crippen LogP contribution in [0.25, 0.3) is 0 Å². The normalized spacial score (nSPS) is 24.2. The van der Waals surface area contributed by atoms with Crippen molar-refractivity contribution in [1.29, 1.82) is 5.26 Å². The molecule has 1 saturated heterocycles. The molecule has 1 aliphatic heterocycles. The first-order valence-electron chi connectivity index (χ1n) is 5.28. The Kier molecular flexibility index (Phi) is 3.52. The van der Waals surface area contributed by atoms with Crippen molar-refractivity contribution >= 4 is 0 Å². The lowest BCUT2D eigenvalue weighted by atomic mass is 10.1. The molecule has 1 aliphatic rings. The van der Waals surface area contributed by atoms with Crippen LogP contribution < -0.4 is 5.32 Å². The van der Waals surface area contributed by atoms with Gasteiger partial charge in [0.1, 0.15) is 0 Å². The highest BCUT2D eigenvalue weighted by molar-refractivity contribution is 5.37. The SMILES string of the molecule is N#Cc1ccccc1CNC1COCC1O. The molecule has 1 fully saturated rings. The van der Waals surface area contributed by atoms with E-state index in [0.29, 0.717) is 25.3 Å². The number of aliphatic hydroxyl groups excluding tert-OH is 1.